The number of amides is 1. The highest BCUT2D eigenvalue weighted by Crippen LogP contribution is 2.29. The van der Waals surface area contributed by atoms with Crippen LogP contribution in [0.3, 0.4) is 0 Å². The standard InChI is InChI=1S/C16H26N4O3S/c1-4-20(5-2)15(21)11-19-8-6-7-13(10-19)16-14(24(3,22)23)9-17-12-18-16/h9,12-13H,4-8,10-11H2,1-3H3/t13-/m1/s1. The topological polar surface area (TPSA) is 83.5 Å². The molecule has 0 aliphatic carbocycles. The van der Waals surface area contributed by atoms with Gasteiger partial charge in [0, 0.05) is 38.0 Å². The Labute approximate surface area is 144 Å². The van der Waals surface area contributed by atoms with Gasteiger partial charge < -0.3 is 4.90 Å². The summed E-state index contributed by atoms with van der Waals surface area (Å²) in [6.45, 7) is 7.22. The Balaban J connectivity index is 2.13. The molecule has 134 valence electrons. The lowest BCUT2D eigenvalue weighted by Gasteiger charge is -2.33. The second-order valence-electron chi connectivity index (χ2n) is 6.18. The third-order valence-corrected chi connectivity index (χ3v) is 5.59. The zero-order valence-corrected chi connectivity index (χ0v) is 15.4. The summed E-state index contributed by atoms with van der Waals surface area (Å²) in [6.07, 6.45) is 5.74. The maximum absolute atomic E-state index is 12.3. The number of carbonyl (C=O) groups is 1. The van der Waals surface area contributed by atoms with Crippen LogP contribution in [0.1, 0.15) is 38.3 Å². The zero-order chi connectivity index (χ0) is 17.7. The highest BCUT2D eigenvalue weighted by atomic mass is 32.2. The van der Waals surface area contributed by atoms with Crippen LogP contribution < -0.4 is 0 Å². The van der Waals surface area contributed by atoms with Gasteiger partial charge in [-0.2, -0.15) is 0 Å². The fourth-order valence-corrected chi connectivity index (χ4v) is 4.06. The van der Waals surface area contributed by atoms with Crippen molar-refractivity contribution in [1.82, 2.24) is 19.8 Å². The smallest absolute Gasteiger partial charge is 0.236 e. The molecule has 1 aliphatic rings. The fraction of sp³-hybridized carbons (Fsp3) is 0.688. The monoisotopic (exact) mass is 354 g/mol. The lowest BCUT2D eigenvalue weighted by molar-refractivity contribution is -0.132. The summed E-state index contributed by atoms with van der Waals surface area (Å²) >= 11 is 0. The summed E-state index contributed by atoms with van der Waals surface area (Å²) in [5.74, 6) is 0.127. The molecule has 8 heteroatoms. The minimum absolute atomic E-state index is 0.0102. The highest BCUT2D eigenvalue weighted by molar-refractivity contribution is 7.90. The largest absolute Gasteiger partial charge is 0.342 e. The molecule has 1 aliphatic heterocycles. The average molecular weight is 354 g/mol. The van der Waals surface area contributed by atoms with E-state index in [0.29, 0.717) is 31.9 Å². The first kappa shape index (κ1) is 18.8. The highest BCUT2D eigenvalue weighted by Gasteiger charge is 2.28. The minimum atomic E-state index is -3.36. The molecule has 1 aromatic rings. The Kier molecular flexibility index (Phi) is 6.28. The van der Waals surface area contributed by atoms with Crippen molar-refractivity contribution in [1.29, 1.82) is 0 Å². The number of sulfone groups is 1. The van der Waals surface area contributed by atoms with Crippen molar-refractivity contribution in [2.45, 2.75) is 37.5 Å². The Morgan fingerprint density at radius 2 is 2.08 bits per heavy atom. The summed E-state index contributed by atoms with van der Waals surface area (Å²) in [5, 5.41) is 0. The van der Waals surface area contributed by atoms with E-state index >= 15 is 0 Å². The SMILES string of the molecule is CCN(CC)C(=O)CN1CCC[C@@H](c2ncncc2S(C)(=O)=O)C1. The molecular formula is C16H26N4O3S. The van der Waals surface area contributed by atoms with Gasteiger partial charge in [-0.15, -0.1) is 0 Å². The van der Waals surface area contributed by atoms with Crippen LogP contribution in [-0.2, 0) is 14.6 Å². The van der Waals surface area contributed by atoms with Gasteiger partial charge in [0.25, 0.3) is 0 Å². The van der Waals surface area contributed by atoms with Crippen molar-refractivity contribution in [2.24, 2.45) is 0 Å². The first-order chi connectivity index (χ1) is 11.4. The van der Waals surface area contributed by atoms with Crippen LogP contribution in [0.25, 0.3) is 0 Å². The summed E-state index contributed by atoms with van der Waals surface area (Å²) in [4.78, 5) is 24.5. The van der Waals surface area contributed by atoms with Gasteiger partial charge in [-0.05, 0) is 33.2 Å². The van der Waals surface area contributed by atoms with Gasteiger partial charge in [-0.1, -0.05) is 0 Å². The number of piperidine rings is 1. The van der Waals surface area contributed by atoms with Crippen LogP contribution in [0.15, 0.2) is 17.4 Å². The fourth-order valence-electron chi connectivity index (χ4n) is 3.21. The minimum Gasteiger partial charge on any atom is -0.342 e. The van der Waals surface area contributed by atoms with Crippen molar-refractivity contribution < 1.29 is 13.2 Å². The van der Waals surface area contributed by atoms with Gasteiger partial charge in [-0.25, -0.2) is 18.4 Å². The Morgan fingerprint density at radius 1 is 1.38 bits per heavy atom. The molecule has 2 rings (SSSR count). The summed E-state index contributed by atoms with van der Waals surface area (Å²) in [7, 11) is -3.36. The number of likely N-dealkylation sites (N-methyl/N-ethyl adjacent to an activating group) is 1. The second kappa shape index (κ2) is 8.02. The zero-order valence-electron chi connectivity index (χ0n) is 14.6. The molecule has 0 bridgehead atoms. The van der Waals surface area contributed by atoms with Crippen LogP contribution >= 0.6 is 0 Å². The molecule has 1 aromatic heterocycles. The number of aromatic nitrogens is 2. The maximum atomic E-state index is 12.3. The molecule has 0 radical (unpaired) electrons. The molecule has 0 N–H and O–H groups in total. The van der Waals surface area contributed by atoms with Gasteiger partial charge in [-0.3, -0.25) is 9.69 Å². The van der Waals surface area contributed by atoms with E-state index in [2.05, 4.69) is 14.9 Å². The molecular weight excluding hydrogens is 328 g/mol. The molecule has 0 unspecified atom stereocenters. The van der Waals surface area contributed by atoms with E-state index in [1.54, 1.807) is 0 Å². The van der Waals surface area contributed by atoms with E-state index in [4.69, 9.17) is 0 Å². The van der Waals surface area contributed by atoms with Crippen molar-refractivity contribution in [3.05, 3.63) is 18.2 Å². The first-order valence-corrected chi connectivity index (χ1v) is 10.3. The van der Waals surface area contributed by atoms with Crippen molar-refractivity contribution in [3.8, 4) is 0 Å². The number of hydrogen-bond donors (Lipinski definition) is 0. The lowest BCUT2D eigenvalue weighted by atomic mass is 9.94. The maximum Gasteiger partial charge on any atom is 0.236 e. The Bertz CT molecular complexity index is 674. The van der Waals surface area contributed by atoms with E-state index in [-0.39, 0.29) is 16.7 Å². The number of carbonyl (C=O) groups excluding carboxylic acids is 1. The van der Waals surface area contributed by atoms with E-state index < -0.39 is 9.84 Å². The molecule has 1 fully saturated rings. The molecule has 2 heterocycles. The quantitative estimate of drug-likeness (QED) is 0.756. The van der Waals surface area contributed by atoms with Crippen molar-refractivity contribution in [2.75, 3.05) is 39.0 Å². The van der Waals surface area contributed by atoms with Crippen LogP contribution in [0.4, 0.5) is 0 Å². The molecule has 0 saturated carbocycles. The van der Waals surface area contributed by atoms with Gasteiger partial charge in [0.1, 0.15) is 11.2 Å². The van der Waals surface area contributed by atoms with Gasteiger partial charge in [0.15, 0.2) is 9.84 Å². The molecule has 7 nitrogen and oxygen atoms in total. The lowest BCUT2D eigenvalue weighted by Crippen LogP contribution is -2.44. The third-order valence-electron chi connectivity index (χ3n) is 4.47. The molecule has 1 saturated heterocycles. The molecule has 1 amide bonds. The summed E-state index contributed by atoms with van der Waals surface area (Å²) in [6, 6.07) is 0. The van der Waals surface area contributed by atoms with Gasteiger partial charge >= 0.3 is 0 Å². The number of rotatable bonds is 6. The molecule has 0 spiro atoms. The van der Waals surface area contributed by atoms with Gasteiger partial charge in [0.2, 0.25) is 5.91 Å². The van der Waals surface area contributed by atoms with E-state index in [1.165, 1.54) is 18.8 Å². The molecule has 0 aromatic carbocycles. The van der Waals surface area contributed by atoms with Gasteiger partial charge in [0.05, 0.1) is 12.2 Å². The van der Waals surface area contributed by atoms with Crippen molar-refractivity contribution in [3.63, 3.8) is 0 Å². The predicted molar refractivity (Wildman–Crippen MR) is 91.5 cm³/mol. The normalized spacial score (nSPS) is 19.2. The van der Waals surface area contributed by atoms with Crippen LogP contribution in [-0.4, -0.2) is 73.1 Å². The Morgan fingerprint density at radius 3 is 2.71 bits per heavy atom. The van der Waals surface area contributed by atoms with Crippen LogP contribution in [0, 0.1) is 0 Å². The molecule has 24 heavy (non-hydrogen) atoms. The molecule has 1 atom stereocenters. The number of hydrogen-bond acceptors (Lipinski definition) is 6. The first-order valence-electron chi connectivity index (χ1n) is 8.36. The Hall–Kier alpha value is -1.54. The summed E-state index contributed by atoms with van der Waals surface area (Å²) in [5.41, 5.74) is 0.576. The predicted octanol–water partition coefficient (Wildman–Crippen LogP) is 0.928. The van der Waals surface area contributed by atoms with Crippen LogP contribution in [0.5, 0.6) is 0 Å². The van der Waals surface area contributed by atoms with E-state index in [0.717, 1.165) is 19.4 Å². The average Bonchev–Trinajstić information content (AvgIpc) is 2.55. The number of likely N-dealkylation sites (tertiary alicyclic amines) is 1. The third kappa shape index (κ3) is 4.51. The van der Waals surface area contributed by atoms with E-state index in [1.807, 2.05) is 18.7 Å². The van der Waals surface area contributed by atoms with Crippen molar-refractivity contribution >= 4 is 15.7 Å². The van der Waals surface area contributed by atoms with E-state index in [9.17, 15) is 13.2 Å². The second-order valence-corrected chi connectivity index (χ2v) is 8.17. The summed E-state index contributed by atoms with van der Waals surface area (Å²) < 4.78 is 23.9. The van der Waals surface area contributed by atoms with Crippen LogP contribution in [0.2, 0.25) is 0 Å². The number of nitrogens with zero attached hydrogens (tertiary/aromatic N) is 4.